The lowest BCUT2D eigenvalue weighted by Crippen LogP contribution is -2.32. The van der Waals surface area contributed by atoms with Crippen LogP contribution in [0.4, 0.5) is 0 Å². The standard InChI is InChI=1S/C30H31NO7/c1-19-5-7-20(8-6-19)18-38-22-11-9-21(10-12-22)27-26(29(33)30(34)31(27)15-16-35-2)28(32)24-14-13-23(36-3)17-25(24)37-4/h5-14,17,27,32H,15-16,18H2,1-4H3/b28-26-. The Morgan fingerprint density at radius 2 is 1.58 bits per heavy atom. The van der Waals surface area contributed by atoms with Gasteiger partial charge in [0.2, 0.25) is 0 Å². The largest absolute Gasteiger partial charge is 0.507 e. The summed E-state index contributed by atoms with van der Waals surface area (Å²) in [6.07, 6.45) is 0. The Labute approximate surface area is 222 Å². The van der Waals surface area contributed by atoms with E-state index in [2.05, 4.69) is 0 Å². The topological polar surface area (TPSA) is 94.5 Å². The molecule has 8 nitrogen and oxygen atoms in total. The van der Waals surface area contributed by atoms with E-state index in [0.717, 1.165) is 5.56 Å². The first-order valence-electron chi connectivity index (χ1n) is 12.2. The molecule has 0 aromatic heterocycles. The lowest BCUT2D eigenvalue weighted by Gasteiger charge is -2.25. The van der Waals surface area contributed by atoms with Crippen molar-refractivity contribution in [1.82, 2.24) is 4.90 Å². The molecule has 1 N–H and O–H groups in total. The fourth-order valence-electron chi connectivity index (χ4n) is 4.38. The molecule has 1 aliphatic rings. The van der Waals surface area contributed by atoms with Gasteiger partial charge in [-0.25, -0.2) is 0 Å². The van der Waals surface area contributed by atoms with Crippen LogP contribution in [0, 0.1) is 6.92 Å². The molecular formula is C30H31NO7. The van der Waals surface area contributed by atoms with Gasteiger partial charge in [0.05, 0.1) is 38.0 Å². The number of aliphatic hydroxyl groups excluding tert-OH is 1. The zero-order valence-corrected chi connectivity index (χ0v) is 21.9. The summed E-state index contributed by atoms with van der Waals surface area (Å²) >= 11 is 0. The number of aliphatic hydroxyl groups is 1. The zero-order valence-electron chi connectivity index (χ0n) is 21.9. The molecule has 0 saturated carbocycles. The molecule has 38 heavy (non-hydrogen) atoms. The highest BCUT2D eigenvalue weighted by molar-refractivity contribution is 6.46. The molecule has 4 rings (SSSR count). The van der Waals surface area contributed by atoms with Gasteiger partial charge >= 0.3 is 0 Å². The van der Waals surface area contributed by atoms with Crippen LogP contribution in [0.25, 0.3) is 5.76 Å². The fourth-order valence-corrected chi connectivity index (χ4v) is 4.38. The second-order valence-electron chi connectivity index (χ2n) is 8.89. The smallest absolute Gasteiger partial charge is 0.295 e. The molecule has 0 bridgehead atoms. The van der Waals surface area contributed by atoms with Gasteiger partial charge < -0.3 is 29.0 Å². The predicted molar refractivity (Wildman–Crippen MR) is 142 cm³/mol. The fraction of sp³-hybridized carbons (Fsp3) is 0.267. The Bertz CT molecular complexity index is 1330. The van der Waals surface area contributed by atoms with Gasteiger partial charge in [0.25, 0.3) is 11.7 Å². The van der Waals surface area contributed by atoms with Crippen LogP contribution in [0.2, 0.25) is 0 Å². The number of carbonyl (C=O) groups is 2. The maximum absolute atomic E-state index is 13.2. The van der Waals surface area contributed by atoms with Crippen molar-refractivity contribution >= 4 is 17.4 Å². The number of amides is 1. The minimum absolute atomic E-state index is 0.0251. The lowest BCUT2D eigenvalue weighted by molar-refractivity contribution is -0.140. The van der Waals surface area contributed by atoms with Gasteiger partial charge in [-0.05, 0) is 42.3 Å². The molecule has 1 aliphatic heterocycles. The minimum atomic E-state index is -0.817. The number of hydrogen-bond acceptors (Lipinski definition) is 7. The van der Waals surface area contributed by atoms with Crippen LogP contribution in [0.15, 0.2) is 72.3 Å². The number of benzene rings is 3. The summed E-state index contributed by atoms with van der Waals surface area (Å²) in [5.41, 5.74) is 3.12. The normalized spacial score (nSPS) is 16.5. The number of methoxy groups -OCH3 is 3. The van der Waals surface area contributed by atoms with Crippen LogP contribution in [0.1, 0.15) is 28.3 Å². The Morgan fingerprint density at radius 1 is 0.895 bits per heavy atom. The SMILES string of the molecule is COCCN1C(=O)C(=O)/C(=C(\O)c2ccc(OC)cc2OC)C1c1ccc(OCc2ccc(C)cc2)cc1. The van der Waals surface area contributed by atoms with Gasteiger partial charge in [-0.3, -0.25) is 9.59 Å². The van der Waals surface area contributed by atoms with Crippen molar-refractivity contribution in [3.63, 3.8) is 0 Å². The quantitative estimate of drug-likeness (QED) is 0.237. The van der Waals surface area contributed by atoms with Crippen molar-refractivity contribution in [1.29, 1.82) is 0 Å². The number of ketones is 1. The van der Waals surface area contributed by atoms with Crippen LogP contribution >= 0.6 is 0 Å². The summed E-state index contributed by atoms with van der Waals surface area (Å²) in [5.74, 6) is -0.338. The molecule has 8 heteroatoms. The molecule has 198 valence electrons. The van der Waals surface area contributed by atoms with Gasteiger partial charge in [0.1, 0.15) is 29.6 Å². The number of aryl methyl sites for hydroxylation is 1. The molecule has 0 aliphatic carbocycles. The highest BCUT2D eigenvalue weighted by Gasteiger charge is 2.46. The van der Waals surface area contributed by atoms with Gasteiger partial charge in [0.15, 0.2) is 0 Å². The second kappa shape index (κ2) is 11.8. The first-order valence-corrected chi connectivity index (χ1v) is 12.2. The number of rotatable bonds is 10. The van der Waals surface area contributed by atoms with Crippen molar-refractivity contribution in [2.75, 3.05) is 34.5 Å². The Morgan fingerprint density at radius 3 is 2.21 bits per heavy atom. The van der Waals surface area contributed by atoms with Crippen molar-refractivity contribution in [2.45, 2.75) is 19.6 Å². The Kier molecular flexibility index (Phi) is 8.33. The third-order valence-corrected chi connectivity index (χ3v) is 6.46. The molecule has 0 spiro atoms. The van der Waals surface area contributed by atoms with Crippen LogP contribution in [0.3, 0.4) is 0 Å². The van der Waals surface area contributed by atoms with Crippen molar-refractivity contribution in [3.8, 4) is 17.2 Å². The van der Waals surface area contributed by atoms with E-state index in [0.29, 0.717) is 29.4 Å². The molecule has 3 aromatic carbocycles. The average molecular weight is 518 g/mol. The van der Waals surface area contributed by atoms with Crippen molar-refractivity contribution in [3.05, 3.63) is 94.6 Å². The highest BCUT2D eigenvalue weighted by atomic mass is 16.5. The van der Waals surface area contributed by atoms with Gasteiger partial charge in [-0.1, -0.05) is 42.0 Å². The molecule has 1 atom stereocenters. The predicted octanol–water partition coefficient (Wildman–Crippen LogP) is 4.66. The second-order valence-corrected chi connectivity index (χ2v) is 8.89. The molecule has 1 heterocycles. The van der Waals surface area contributed by atoms with Crippen LogP contribution < -0.4 is 14.2 Å². The molecular weight excluding hydrogens is 486 g/mol. The van der Waals surface area contributed by atoms with E-state index in [9.17, 15) is 14.7 Å². The summed E-state index contributed by atoms with van der Waals surface area (Å²) in [7, 11) is 4.49. The van der Waals surface area contributed by atoms with Crippen LogP contribution in [0.5, 0.6) is 17.2 Å². The van der Waals surface area contributed by atoms with Crippen molar-refractivity contribution < 1.29 is 33.6 Å². The summed E-state index contributed by atoms with van der Waals surface area (Å²) < 4.78 is 21.8. The van der Waals surface area contributed by atoms with E-state index < -0.39 is 17.7 Å². The molecule has 3 aromatic rings. The Balaban J connectivity index is 1.70. The minimum Gasteiger partial charge on any atom is -0.507 e. The third kappa shape index (κ3) is 5.50. The summed E-state index contributed by atoms with van der Waals surface area (Å²) in [6.45, 7) is 2.84. The van der Waals surface area contributed by atoms with E-state index in [1.807, 2.05) is 31.2 Å². The lowest BCUT2D eigenvalue weighted by atomic mass is 9.95. The van der Waals surface area contributed by atoms with E-state index in [1.54, 1.807) is 42.5 Å². The van der Waals surface area contributed by atoms with E-state index in [1.165, 1.54) is 31.8 Å². The number of likely N-dealkylation sites (tertiary alicyclic amines) is 1. The molecule has 1 amide bonds. The van der Waals surface area contributed by atoms with Gasteiger partial charge in [-0.2, -0.15) is 0 Å². The van der Waals surface area contributed by atoms with Gasteiger partial charge in [0, 0.05) is 19.7 Å². The van der Waals surface area contributed by atoms with E-state index >= 15 is 0 Å². The monoisotopic (exact) mass is 517 g/mol. The number of carbonyl (C=O) groups excluding carboxylic acids is 2. The molecule has 1 saturated heterocycles. The van der Waals surface area contributed by atoms with Gasteiger partial charge in [-0.15, -0.1) is 0 Å². The number of ether oxygens (including phenoxy) is 4. The maximum Gasteiger partial charge on any atom is 0.295 e. The first kappa shape index (κ1) is 26.8. The van der Waals surface area contributed by atoms with E-state index in [4.69, 9.17) is 18.9 Å². The van der Waals surface area contributed by atoms with E-state index in [-0.39, 0.29) is 30.0 Å². The third-order valence-electron chi connectivity index (χ3n) is 6.46. The first-order chi connectivity index (χ1) is 18.4. The highest BCUT2D eigenvalue weighted by Crippen LogP contribution is 2.41. The number of hydrogen-bond donors (Lipinski definition) is 1. The number of nitrogens with zero attached hydrogens (tertiary/aromatic N) is 1. The molecule has 1 fully saturated rings. The summed E-state index contributed by atoms with van der Waals surface area (Å²) in [6, 6.07) is 19.3. The Hall–Kier alpha value is -4.30. The summed E-state index contributed by atoms with van der Waals surface area (Å²) in [4.78, 5) is 27.7. The summed E-state index contributed by atoms with van der Waals surface area (Å²) in [5, 5.41) is 11.3. The van der Waals surface area contributed by atoms with Crippen LogP contribution in [-0.4, -0.2) is 56.2 Å². The maximum atomic E-state index is 13.2. The molecule has 0 radical (unpaired) electrons. The number of Topliss-reactive ketones (excluding diaryl/α,β-unsaturated/α-hetero) is 1. The average Bonchev–Trinajstić information content (AvgIpc) is 3.20. The van der Waals surface area contributed by atoms with Crippen molar-refractivity contribution in [2.24, 2.45) is 0 Å². The van der Waals surface area contributed by atoms with Crippen LogP contribution in [-0.2, 0) is 20.9 Å². The molecule has 1 unspecified atom stereocenters. The zero-order chi connectivity index (χ0) is 27.2.